The van der Waals surface area contributed by atoms with Crippen molar-refractivity contribution < 1.29 is 18.3 Å². The van der Waals surface area contributed by atoms with E-state index in [-0.39, 0.29) is 18.6 Å². The van der Waals surface area contributed by atoms with Gasteiger partial charge in [0.1, 0.15) is 0 Å². The number of thioether (sulfide) groups is 1. The Hall–Kier alpha value is -1.47. The van der Waals surface area contributed by atoms with Gasteiger partial charge >= 0.3 is 5.97 Å². The zero-order valence-electron chi connectivity index (χ0n) is 10.9. The third kappa shape index (κ3) is 6.12. The van der Waals surface area contributed by atoms with Crippen LogP contribution in [0, 0.1) is 0 Å². The van der Waals surface area contributed by atoms with Gasteiger partial charge < -0.3 is 5.11 Å². The Balaban J connectivity index is 2.71. The number of carboxylic acid groups (broad SMARTS) is 1. The number of para-hydroxylation sites is 1. The smallest absolute Gasteiger partial charge is 0.303 e. The lowest BCUT2D eigenvalue weighted by Crippen LogP contribution is -2.17. The second kappa shape index (κ2) is 7.96. The molecule has 0 aliphatic rings. The molecule has 0 aliphatic carbocycles. The number of carbonyl (C=O) groups is 1. The third-order valence-corrected chi connectivity index (χ3v) is 4.74. The van der Waals surface area contributed by atoms with Crippen LogP contribution in [0.25, 0.3) is 0 Å². The minimum atomic E-state index is -3.53. The topological polar surface area (TPSA) is 83.5 Å². The second-order valence-electron chi connectivity index (χ2n) is 4.01. The maximum absolute atomic E-state index is 11.9. The summed E-state index contributed by atoms with van der Waals surface area (Å²) in [6.07, 6.45) is 1.67. The van der Waals surface area contributed by atoms with Crippen LogP contribution < -0.4 is 4.72 Å². The summed E-state index contributed by atoms with van der Waals surface area (Å²) >= 11 is 1.48. The van der Waals surface area contributed by atoms with Crippen LogP contribution in [0.4, 0.5) is 5.69 Å². The number of sulfonamides is 1. The second-order valence-corrected chi connectivity index (χ2v) is 6.92. The van der Waals surface area contributed by atoms with Crippen molar-refractivity contribution in [2.24, 2.45) is 0 Å². The molecule has 5 nitrogen and oxygen atoms in total. The first-order chi connectivity index (χ1) is 9.44. The van der Waals surface area contributed by atoms with E-state index in [9.17, 15) is 13.2 Å². The van der Waals surface area contributed by atoms with E-state index in [2.05, 4.69) is 11.3 Å². The number of rotatable bonds is 9. The van der Waals surface area contributed by atoms with Crippen molar-refractivity contribution in [1.82, 2.24) is 0 Å². The molecule has 0 atom stereocenters. The van der Waals surface area contributed by atoms with Crippen molar-refractivity contribution in [2.75, 3.05) is 16.2 Å². The number of nitrogens with one attached hydrogen (secondary N) is 1. The lowest BCUT2D eigenvalue weighted by Gasteiger charge is -2.11. The Morgan fingerprint density at radius 3 is 2.75 bits per heavy atom. The molecule has 0 saturated heterocycles. The fraction of sp³-hybridized carbons (Fsp3) is 0.308. The van der Waals surface area contributed by atoms with E-state index in [4.69, 9.17) is 5.11 Å². The molecule has 20 heavy (non-hydrogen) atoms. The average Bonchev–Trinajstić information content (AvgIpc) is 2.36. The van der Waals surface area contributed by atoms with Gasteiger partial charge in [-0.05, 0) is 18.6 Å². The zero-order valence-corrected chi connectivity index (χ0v) is 12.5. The summed E-state index contributed by atoms with van der Waals surface area (Å²) in [5.74, 6) is -0.528. The molecule has 1 rings (SSSR count). The van der Waals surface area contributed by atoms with Crippen LogP contribution in [0.3, 0.4) is 0 Å². The monoisotopic (exact) mass is 315 g/mol. The van der Waals surface area contributed by atoms with Gasteiger partial charge in [0.2, 0.25) is 10.0 Å². The summed E-state index contributed by atoms with van der Waals surface area (Å²) in [7, 11) is -3.53. The van der Waals surface area contributed by atoms with Crippen LogP contribution in [0.5, 0.6) is 0 Å². The minimum Gasteiger partial charge on any atom is -0.481 e. The van der Waals surface area contributed by atoms with Gasteiger partial charge in [-0.2, -0.15) is 0 Å². The molecule has 0 aliphatic heterocycles. The van der Waals surface area contributed by atoms with Gasteiger partial charge in [0, 0.05) is 17.1 Å². The molecule has 2 N–H and O–H groups in total. The SMILES string of the molecule is C=CCSc1ccccc1NS(=O)(=O)CCCC(=O)O. The van der Waals surface area contributed by atoms with Crippen LogP contribution >= 0.6 is 11.8 Å². The van der Waals surface area contributed by atoms with Crippen molar-refractivity contribution in [1.29, 1.82) is 0 Å². The summed E-state index contributed by atoms with van der Waals surface area (Å²) in [6.45, 7) is 3.62. The molecular weight excluding hydrogens is 298 g/mol. The molecule has 110 valence electrons. The van der Waals surface area contributed by atoms with Crippen molar-refractivity contribution in [3.63, 3.8) is 0 Å². The van der Waals surface area contributed by atoms with Crippen LogP contribution in [0.2, 0.25) is 0 Å². The Morgan fingerprint density at radius 2 is 2.10 bits per heavy atom. The summed E-state index contributed by atoms with van der Waals surface area (Å²) < 4.78 is 26.2. The summed E-state index contributed by atoms with van der Waals surface area (Å²) in [5.41, 5.74) is 0.509. The average molecular weight is 315 g/mol. The fourth-order valence-electron chi connectivity index (χ4n) is 1.46. The first-order valence-corrected chi connectivity index (χ1v) is 8.63. The molecule has 0 amide bonds. The van der Waals surface area contributed by atoms with E-state index < -0.39 is 16.0 Å². The number of anilines is 1. The quantitative estimate of drug-likeness (QED) is 0.540. The van der Waals surface area contributed by atoms with Crippen molar-refractivity contribution >= 4 is 33.4 Å². The Bertz CT molecular complexity index is 569. The summed E-state index contributed by atoms with van der Waals surface area (Å²) in [4.78, 5) is 11.2. The maximum atomic E-state index is 11.9. The van der Waals surface area contributed by atoms with Crippen molar-refractivity contribution in [3.05, 3.63) is 36.9 Å². The predicted molar refractivity (Wildman–Crippen MR) is 81.6 cm³/mol. The van der Waals surface area contributed by atoms with Crippen molar-refractivity contribution in [2.45, 2.75) is 17.7 Å². The molecule has 0 unspecified atom stereocenters. The third-order valence-electron chi connectivity index (χ3n) is 2.31. The lowest BCUT2D eigenvalue weighted by atomic mass is 10.3. The van der Waals surface area contributed by atoms with Crippen LogP contribution in [0.15, 0.2) is 41.8 Å². The van der Waals surface area contributed by atoms with E-state index in [0.717, 1.165) is 4.90 Å². The zero-order chi connectivity index (χ0) is 15.0. The van der Waals surface area contributed by atoms with Crippen LogP contribution in [-0.2, 0) is 14.8 Å². The number of aliphatic carboxylic acids is 1. The summed E-state index contributed by atoms with van der Waals surface area (Å²) in [5, 5.41) is 8.51. The maximum Gasteiger partial charge on any atom is 0.303 e. The molecule has 0 heterocycles. The molecule has 0 radical (unpaired) electrons. The van der Waals surface area contributed by atoms with E-state index >= 15 is 0 Å². The van der Waals surface area contributed by atoms with Crippen LogP contribution in [-0.4, -0.2) is 31.0 Å². The number of benzene rings is 1. The predicted octanol–water partition coefficient (Wildman–Crippen LogP) is 2.57. The Labute approximate surface area is 123 Å². The standard InChI is InChI=1S/C13H17NO4S2/c1-2-9-19-12-7-4-3-6-11(12)14-20(17,18)10-5-8-13(15)16/h2-4,6-7,14H,1,5,8-10H2,(H,15,16). The molecule has 0 saturated carbocycles. The fourth-order valence-corrected chi connectivity index (χ4v) is 3.41. The highest BCUT2D eigenvalue weighted by atomic mass is 32.2. The largest absolute Gasteiger partial charge is 0.481 e. The van der Waals surface area contributed by atoms with Gasteiger partial charge in [-0.25, -0.2) is 8.42 Å². The van der Waals surface area contributed by atoms with Gasteiger partial charge in [0.15, 0.2) is 0 Å². The van der Waals surface area contributed by atoms with E-state index in [1.54, 1.807) is 18.2 Å². The number of hydrogen-bond donors (Lipinski definition) is 2. The molecule has 1 aromatic rings. The number of hydrogen-bond acceptors (Lipinski definition) is 4. The van der Waals surface area contributed by atoms with Gasteiger partial charge in [-0.1, -0.05) is 18.2 Å². The highest BCUT2D eigenvalue weighted by Gasteiger charge is 2.13. The first kappa shape index (κ1) is 16.6. The van der Waals surface area contributed by atoms with Crippen molar-refractivity contribution in [3.8, 4) is 0 Å². The molecule has 0 fully saturated rings. The molecule has 0 aromatic heterocycles. The molecule has 0 spiro atoms. The number of carboxylic acids is 1. The highest BCUT2D eigenvalue weighted by molar-refractivity contribution is 7.99. The highest BCUT2D eigenvalue weighted by Crippen LogP contribution is 2.27. The molecule has 7 heteroatoms. The molecular formula is C13H17NO4S2. The van der Waals surface area contributed by atoms with E-state index in [1.165, 1.54) is 11.8 Å². The Morgan fingerprint density at radius 1 is 1.40 bits per heavy atom. The Kier molecular flexibility index (Phi) is 6.60. The minimum absolute atomic E-state index is 0.0899. The summed E-state index contributed by atoms with van der Waals surface area (Å²) in [6, 6.07) is 7.07. The molecule has 0 bridgehead atoms. The van der Waals surface area contributed by atoms with Gasteiger partial charge in [-0.3, -0.25) is 9.52 Å². The van der Waals surface area contributed by atoms with Gasteiger partial charge in [0.25, 0.3) is 0 Å². The molecule has 1 aromatic carbocycles. The van der Waals surface area contributed by atoms with Gasteiger partial charge in [0.05, 0.1) is 11.4 Å². The first-order valence-electron chi connectivity index (χ1n) is 5.99. The normalized spacial score (nSPS) is 11.0. The van der Waals surface area contributed by atoms with Gasteiger partial charge in [-0.15, -0.1) is 18.3 Å². The van der Waals surface area contributed by atoms with Crippen LogP contribution in [0.1, 0.15) is 12.8 Å². The lowest BCUT2D eigenvalue weighted by molar-refractivity contribution is -0.137. The van der Waals surface area contributed by atoms with E-state index in [1.807, 2.05) is 12.1 Å². The van der Waals surface area contributed by atoms with E-state index in [0.29, 0.717) is 11.4 Å².